The average molecular weight is 234 g/mol. The number of halogens is 1. The molecule has 0 saturated carbocycles. The van der Waals surface area contributed by atoms with Crippen LogP contribution < -0.4 is 0 Å². The van der Waals surface area contributed by atoms with Crippen LogP contribution in [0.5, 0.6) is 0 Å². The lowest BCUT2D eigenvalue weighted by Crippen LogP contribution is -2.02. The second kappa shape index (κ2) is 4.67. The number of hydrogen-bond donors (Lipinski definition) is 1. The number of aliphatic hydroxyl groups excluding tert-OH is 1. The molecule has 0 saturated heterocycles. The summed E-state index contributed by atoms with van der Waals surface area (Å²) in [4.78, 5) is 0. The summed E-state index contributed by atoms with van der Waals surface area (Å²) in [5.74, 6) is -0.274. The molecule has 90 valence electrons. The van der Waals surface area contributed by atoms with Gasteiger partial charge in [-0.1, -0.05) is 6.07 Å². The van der Waals surface area contributed by atoms with Crippen molar-refractivity contribution in [3.8, 4) is 0 Å². The minimum atomic E-state index is -0.649. The first-order valence-electron chi connectivity index (χ1n) is 5.48. The molecule has 0 fully saturated rings. The smallest absolute Gasteiger partial charge is 0.123 e. The molecule has 0 amide bonds. The molecule has 2 rings (SSSR count). The van der Waals surface area contributed by atoms with Crippen LogP contribution in [0, 0.1) is 12.7 Å². The number of hydrogen-bond acceptors (Lipinski definition) is 2. The van der Waals surface area contributed by atoms with Gasteiger partial charge in [0.2, 0.25) is 0 Å². The van der Waals surface area contributed by atoms with E-state index in [-0.39, 0.29) is 5.82 Å². The zero-order valence-corrected chi connectivity index (χ0v) is 9.89. The van der Waals surface area contributed by atoms with Crippen LogP contribution >= 0.6 is 0 Å². The summed E-state index contributed by atoms with van der Waals surface area (Å²) >= 11 is 0. The first-order chi connectivity index (χ1) is 8.06. The van der Waals surface area contributed by atoms with E-state index >= 15 is 0 Å². The van der Waals surface area contributed by atoms with Gasteiger partial charge in [0.1, 0.15) is 5.82 Å². The highest BCUT2D eigenvalue weighted by Crippen LogP contribution is 2.20. The fraction of sp³-hybridized carbons (Fsp3) is 0.308. The largest absolute Gasteiger partial charge is 0.388 e. The quantitative estimate of drug-likeness (QED) is 0.883. The molecule has 1 unspecified atom stereocenters. The van der Waals surface area contributed by atoms with Crippen LogP contribution in [-0.2, 0) is 13.5 Å². The number of rotatable bonds is 3. The van der Waals surface area contributed by atoms with E-state index in [1.807, 2.05) is 6.92 Å². The molecular formula is C13H15FN2O. The van der Waals surface area contributed by atoms with E-state index < -0.39 is 6.10 Å². The highest BCUT2D eigenvalue weighted by molar-refractivity contribution is 5.28. The van der Waals surface area contributed by atoms with E-state index in [0.29, 0.717) is 6.42 Å². The van der Waals surface area contributed by atoms with Gasteiger partial charge in [0.05, 0.1) is 12.3 Å². The van der Waals surface area contributed by atoms with Crippen molar-refractivity contribution in [2.24, 2.45) is 7.05 Å². The standard InChI is InChI=1S/C13H15FN2O/c1-9-3-4-12(14)5-10(9)6-13(17)11-7-15-16(2)8-11/h3-5,7-8,13,17H,6H2,1-2H3. The van der Waals surface area contributed by atoms with E-state index in [1.54, 1.807) is 30.2 Å². The lowest BCUT2D eigenvalue weighted by atomic mass is 10.00. The van der Waals surface area contributed by atoms with E-state index in [1.165, 1.54) is 12.1 Å². The molecule has 3 nitrogen and oxygen atoms in total. The number of aliphatic hydroxyl groups is 1. The van der Waals surface area contributed by atoms with E-state index in [2.05, 4.69) is 5.10 Å². The molecule has 0 radical (unpaired) electrons. The Morgan fingerprint density at radius 1 is 1.47 bits per heavy atom. The average Bonchev–Trinajstić information content (AvgIpc) is 2.70. The fourth-order valence-corrected chi connectivity index (χ4v) is 1.80. The third-order valence-electron chi connectivity index (χ3n) is 2.83. The molecule has 17 heavy (non-hydrogen) atoms. The summed E-state index contributed by atoms with van der Waals surface area (Å²) in [6.45, 7) is 1.91. The molecule has 0 spiro atoms. The second-order valence-corrected chi connectivity index (χ2v) is 4.24. The summed E-state index contributed by atoms with van der Waals surface area (Å²) in [5.41, 5.74) is 2.55. The Balaban J connectivity index is 2.18. The van der Waals surface area contributed by atoms with Crippen molar-refractivity contribution >= 4 is 0 Å². The van der Waals surface area contributed by atoms with Crippen LogP contribution in [-0.4, -0.2) is 14.9 Å². The van der Waals surface area contributed by atoms with Crippen LogP contribution in [0.1, 0.15) is 22.8 Å². The highest BCUT2D eigenvalue weighted by Gasteiger charge is 2.12. The molecular weight excluding hydrogens is 219 g/mol. The molecule has 1 N–H and O–H groups in total. The van der Waals surface area contributed by atoms with E-state index in [0.717, 1.165) is 16.7 Å². The minimum absolute atomic E-state index is 0.274. The predicted molar refractivity (Wildman–Crippen MR) is 63.0 cm³/mol. The third kappa shape index (κ3) is 2.71. The van der Waals surface area contributed by atoms with Crippen molar-refractivity contribution in [2.75, 3.05) is 0 Å². The maximum atomic E-state index is 13.1. The van der Waals surface area contributed by atoms with E-state index in [4.69, 9.17) is 0 Å². The third-order valence-corrected chi connectivity index (χ3v) is 2.83. The molecule has 0 bridgehead atoms. The number of benzene rings is 1. The van der Waals surface area contributed by atoms with Gasteiger partial charge in [-0.3, -0.25) is 4.68 Å². The monoisotopic (exact) mass is 234 g/mol. The lowest BCUT2D eigenvalue weighted by Gasteiger charge is -2.10. The number of aromatic nitrogens is 2. The Morgan fingerprint density at radius 3 is 2.88 bits per heavy atom. The Labute approximate surface area is 99.5 Å². The summed E-state index contributed by atoms with van der Waals surface area (Å²) in [6.07, 6.45) is 3.14. The summed E-state index contributed by atoms with van der Waals surface area (Å²) in [6, 6.07) is 4.62. The topological polar surface area (TPSA) is 38.1 Å². The van der Waals surface area contributed by atoms with Gasteiger partial charge in [-0.2, -0.15) is 5.10 Å². The first kappa shape index (κ1) is 11.8. The van der Waals surface area contributed by atoms with Gasteiger partial charge in [-0.05, 0) is 30.2 Å². The normalized spacial score (nSPS) is 12.7. The van der Waals surface area contributed by atoms with Gasteiger partial charge in [0.25, 0.3) is 0 Å². The van der Waals surface area contributed by atoms with Gasteiger partial charge in [-0.25, -0.2) is 4.39 Å². The van der Waals surface area contributed by atoms with Crippen molar-refractivity contribution in [3.05, 3.63) is 53.1 Å². The summed E-state index contributed by atoms with van der Waals surface area (Å²) < 4.78 is 14.7. The summed E-state index contributed by atoms with van der Waals surface area (Å²) in [7, 11) is 1.80. The van der Waals surface area contributed by atoms with Crippen LogP contribution in [0.3, 0.4) is 0 Å². The second-order valence-electron chi connectivity index (χ2n) is 4.24. The van der Waals surface area contributed by atoms with Crippen molar-refractivity contribution in [3.63, 3.8) is 0 Å². The lowest BCUT2D eigenvalue weighted by molar-refractivity contribution is 0.178. The molecule has 0 aliphatic carbocycles. The van der Waals surface area contributed by atoms with Gasteiger partial charge >= 0.3 is 0 Å². The fourth-order valence-electron chi connectivity index (χ4n) is 1.80. The molecule has 4 heteroatoms. The Bertz CT molecular complexity index is 522. The Kier molecular flexibility index (Phi) is 3.24. The minimum Gasteiger partial charge on any atom is -0.388 e. The van der Waals surface area contributed by atoms with Gasteiger partial charge in [0, 0.05) is 25.2 Å². The SMILES string of the molecule is Cc1ccc(F)cc1CC(O)c1cnn(C)c1. The molecule has 0 aliphatic heterocycles. The van der Waals surface area contributed by atoms with E-state index in [9.17, 15) is 9.50 Å². The molecule has 1 atom stereocenters. The maximum absolute atomic E-state index is 13.1. The zero-order valence-electron chi connectivity index (χ0n) is 9.89. The molecule has 1 aromatic heterocycles. The molecule has 1 aromatic carbocycles. The molecule has 0 aliphatic rings. The van der Waals surface area contributed by atoms with Crippen LogP contribution in [0.25, 0.3) is 0 Å². The molecule has 1 heterocycles. The zero-order chi connectivity index (χ0) is 12.4. The van der Waals surface area contributed by atoms with Crippen molar-refractivity contribution in [1.29, 1.82) is 0 Å². The van der Waals surface area contributed by atoms with Crippen LogP contribution in [0.2, 0.25) is 0 Å². The van der Waals surface area contributed by atoms with Crippen molar-refractivity contribution in [1.82, 2.24) is 9.78 Å². The number of nitrogens with zero attached hydrogens (tertiary/aromatic N) is 2. The first-order valence-corrected chi connectivity index (χ1v) is 5.48. The van der Waals surface area contributed by atoms with Gasteiger partial charge in [0.15, 0.2) is 0 Å². The van der Waals surface area contributed by atoms with Gasteiger partial charge in [-0.15, -0.1) is 0 Å². The number of aryl methyl sites for hydroxylation is 2. The van der Waals surface area contributed by atoms with Gasteiger partial charge < -0.3 is 5.11 Å². The predicted octanol–water partition coefficient (Wildman–Crippen LogP) is 2.14. The Morgan fingerprint density at radius 2 is 2.24 bits per heavy atom. The van der Waals surface area contributed by atoms with Crippen molar-refractivity contribution < 1.29 is 9.50 Å². The van der Waals surface area contributed by atoms with Crippen LogP contribution in [0.4, 0.5) is 4.39 Å². The highest BCUT2D eigenvalue weighted by atomic mass is 19.1. The van der Waals surface area contributed by atoms with Crippen LogP contribution in [0.15, 0.2) is 30.6 Å². The Hall–Kier alpha value is -1.68. The molecule has 2 aromatic rings. The summed E-state index contributed by atoms with van der Waals surface area (Å²) in [5, 5.41) is 14.0. The maximum Gasteiger partial charge on any atom is 0.123 e. The van der Waals surface area contributed by atoms with Crippen molar-refractivity contribution in [2.45, 2.75) is 19.4 Å².